The minimum absolute atomic E-state index is 0.383. The Kier molecular flexibility index (Phi) is 6.18. The van der Waals surface area contributed by atoms with Crippen LogP contribution in [0.5, 0.6) is 0 Å². The van der Waals surface area contributed by atoms with E-state index in [4.69, 9.17) is 4.74 Å². The fourth-order valence-corrected chi connectivity index (χ4v) is 3.70. The van der Waals surface area contributed by atoms with Crippen LogP contribution >= 0.6 is 0 Å². The van der Waals surface area contributed by atoms with E-state index in [0.717, 1.165) is 0 Å². The molecular formula is C15H28F2N2O. The highest BCUT2D eigenvalue weighted by molar-refractivity contribution is 4.95. The van der Waals surface area contributed by atoms with Crippen molar-refractivity contribution in [2.24, 2.45) is 11.8 Å². The van der Waals surface area contributed by atoms with Crippen LogP contribution in [0.1, 0.15) is 33.1 Å². The van der Waals surface area contributed by atoms with Gasteiger partial charge in [-0.1, -0.05) is 6.42 Å². The summed E-state index contributed by atoms with van der Waals surface area (Å²) in [7, 11) is 0. The molecule has 2 aliphatic rings. The summed E-state index contributed by atoms with van der Waals surface area (Å²) >= 11 is 0. The first-order chi connectivity index (χ1) is 9.58. The van der Waals surface area contributed by atoms with Gasteiger partial charge in [0.25, 0.3) is 6.43 Å². The second kappa shape index (κ2) is 7.66. The smallest absolute Gasteiger partial charge is 0.261 e. The normalized spacial score (nSPS) is 31.2. The summed E-state index contributed by atoms with van der Waals surface area (Å²) in [5, 5.41) is 3.56. The summed E-state index contributed by atoms with van der Waals surface area (Å²) in [5.74, 6) is 1.42. The molecule has 0 aromatic carbocycles. The predicted octanol–water partition coefficient (Wildman–Crippen LogP) is 2.37. The molecule has 2 atom stereocenters. The molecule has 1 N–H and O–H groups in total. The minimum Gasteiger partial charge on any atom is -0.374 e. The molecule has 0 aromatic rings. The molecule has 1 aliphatic carbocycles. The molecule has 118 valence electrons. The number of alkyl halides is 2. The molecule has 5 heteroatoms. The van der Waals surface area contributed by atoms with Gasteiger partial charge in [0.2, 0.25) is 0 Å². The summed E-state index contributed by atoms with van der Waals surface area (Å²) in [6, 6.07) is 1.17. The third-order valence-corrected chi connectivity index (χ3v) is 4.70. The zero-order chi connectivity index (χ0) is 14.5. The van der Waals surface area contributed by atoms with Crippen LogP contribution < -0.4 is 5.32 Å². The number of piperidine rings is 1. The Morgan fingerprint density at radius 2 is 1.85 bits per heavy atom. The Balaban J connectivity index is 1.74. The minimum atomic E-state index is -2.36. The third kappa shape index (κ3) is 4.37. The lowest BCUT2D eigenvalue weighted by Gasteiger charge is -2.49. The second-order valence-corrected chi connectivity index (χ2v) is 6.44. The number of nitrogens with one attached hydrogen (secondary N) is 1. The molecule has 2 rings (SSSR count). The van der Waals surface area contributed by atoms with Crippen molar-refractivity contribution in [3.8, 4) is 0 Å². The summed E-state index contributed by atoms with van der Waals surface area (Å²) in [6.45, 7) is 7.50. The van der Waals surface area contributed by atoms with Crippen LogP contribution in [-0.4, -0.2) is 56.3 Å². The highest BCUT2D eigenvalue weighted by Gasteiger charge is 2.39. The van der Waals surface area contributed by atoms with Crippen molar-refractivity contribution in [3.63, 3.8) is 0 Å². The SMILES string of the molecule is CC(C)N1CC2CCCC(C1)C2NCCOCC(F)F. The molecule has 3 nitrogen and oxygen atoms in total. The molecule has 0 amide bonds. The average Bonchev–Trinajstić information content (AvgIpc) is 2.36. The van der Waals surface area contributed by atoms with Crippen molar-refractivity contribution in [3.05, 3.63) is 0 Å². The van der Waals surface area contributed by atoms with Gasteiger partial charge < -0.3 is 15.0 Å². The Morgan fingerprint density at radius 1 is 1.20 bits per heavy atom. The van der Waals surface area contributed by atoms with Gasteiger partial charge in [-0.2, -0.15) is 0 Å². The Hall–Kier alpha value is -0.260. The number of ether oxygens (including phenoxy) is 1. The van der Waals surface area contributed by atoms with Crippen LogP contribution in [0, 0.1) is 11.8 Å². The number of rotatable bonds is 7. The van der Waals surface area contributed by atoms with E-state index in [1.54, 1.807) is 0 Å². The molecule has 1 saturated carbocycles. The lowest BCUT2D eigenvalue weighted by molar-refractivity contribution is 0.00696. The molecule has 1 aliphatic heterocycles. The number of likely N-dealkylation sites (tertiary alicyclic amines) is 1. The number of halogens is 2. The van der Waals surface area contributed by atoms with Crippen LogP contribution in [0.25, 0.3) is 0 Å². The zero-order valence-corrected chi connectivity index (χ0v) is 12.7. The molecule has 1 saturated heterocycles. The Labute approximate surface area is 121 Å². The first-order valence-corrected chi connectivity index (χ1v) is 7.91. The summed E-state index contributed by atoms with van der Waals surface area (Å²) in [4.78, 5) is 2.58. The molecule has 0 radical (unpaired) electrons. The molecule has 2 fully saturated rings. The highest BCUT2D eigenvalue weighted by Crippen LogP contribution is 2.35. The van der Waals surface area contributed by atoms with E-state index < -0.39 is 13.0 Å². The van der Waals surface area contributed by atoms with Crippen molar-refractivity contribution in [1.82, 2.24) is 10.2 Å². The van der Waals surface area contributed by atoms with Crippen LogP contribution in [0.15, 0.2) is 0 Å². The Morgan fingerprint density at radius 3 is 2.40 bits per heavy atom. The molecular weight excluding hydrogens is 262 g/mol. The standard InChI is InChI=1S/C15H28F2N2O/c1-11(2)19-8-12-4-3-5-13(9-19)15(12)18-6-7-20-10-14(16)17/h11-15,18H,3-10H2,1-2H3. The summed E-state index contributed by atoms with van der Waals surface area (Å²) in [6.07, 6.45) is 1.55. The van der Waals surface area contributed by atoms with Gasteiger partial charge in [0, 0.05) is 31.7 Å². The van der Waals surface area contributed by atoms with Crippen molar-refractivity contribution < 1.29 is 13.5 Å². The first kappa shape index (κ1) is 16.1. The van der Waals surface area contributed by atoms with Crippen LogP contribution in [0.2, 0.25) is 0 Å². The first-order valence-electron chi connectivity index (χ1n) is 7.91. The largest absolute Gasteiger partial charge is 0.374 e. The maximum absolute atomic E-state index is 12.0. The van der Waals surface area contributed by atoms with Crippen LogP contribution in [0.3, 0.4) is 0 Å². The molecule has 2 unspecified atom stereocenters. The van der Waals surface area contributed by atoms with E-state index >= 15 is 0 Å². The van der Waals surface area contributed by atoms with Gasteiger partial charge in [-0.05, 0) is 38.5 Å². The van der Waals surface area contributed by atoms with Crippen molar-refractivity contribution in [1.29, 1.82) is 0 Å². The van der Waals surface area contributed by atoms with Crippen LogP contribution in [-0.2, 0) is 4.74 Å². The van der Waals surface area contributed by atoms with E-state index in [1.807, 2.05) is 0 Å². The lowest BCUT2D eigenvalue weighted by Crippen LogP contribution is -2.58. The predicted molar refractivity (Wildman–Crippen MR) is 76.2 cm³/mol. The maximum atomic E-state index is 12.0. The van der Waals surface area contributed by atoms with Gasteiger partial charge in [-0.3, -0.25) is 0 Å². The maximum Gasteiger partial charge on any atom is 0.261 e. The fourth-order valence-electron chi connectivity index (χ4n) is 3.70. The third-order valence-electron chi connectivity index (χ3n) is 4.70. The van der Waals surface area contributed by atoms with Gasteiger partial charge in [0.1, 0.15) is 6.61 Å². The highest BCUT2D eigenvalue weighted by atomic mass is 19.3. The summed E-state index contributed by atoms with van der Waals surface area (Å²) < 4.78 is 28.9. The number of hydrogen-bond donors (Lipinski definition) is 1. The quantitative estimate of drug-likeness (QED) is 0.729. The van der Waals surface area contributed by atoms with Crippen molar-refractivity contribution in [2.45, 2.75) is 51.6 Å². The van der Waals surface area contributed by atoms with Gasteiger partial charge in [-0.15, -0.1) is 0 Å². The van der Waals surface area contributed by atoms with E-state index in [9.17, 15) is 8.78 Å². The average molecular weight is 290 g/mol. The summed E-state index contributed by atoms with van der Waals surface area (Å²) in [5.41, 5.74) is 0. The molecule has 20 heavy (non-hydrogen) atoms. The molecule has 2 bridgehead atoms. The molecule has 0 spiro atoms. The Bertz CT molecular complexity index is 275. The number of fused-ring (bicyclic) bond motifs is 2. The lowest BCUT2D eigenvalue weighted by atomic mass is 9.73. The number of nitrogens with zero attached hydrogens (tertiary/aromatic N) is 1. The van der Waals surface area contributed by atoms with Gasteiger partial charge >= 0.3 is 0 Å². The second-order valence-electron chi connectivity index (χ2n) is 6.44. The van der Waals surface area contributed by atoms with Gasteiger partial charge in [0.05, 0.1) is 6.61 Å². The molecule has 1 heterocycles. The number of hydrogen-bond acceptors (Lipinski definition) is 3. The monoisotopic (exact) mass is 290 g/mol. The van der Waals surface area contributed by atoms with E-state index in [2.05, 4.69) is 24.1 Å². The van der Waals surface area contributed by atoms with Crippen molar-refractivity contribution in [2.75, 3.05) is 32.8 Å². The van der Waals surface area contributed by atoms with Crippen molar-refractivity contribution >= 4 is 0 Å². The zero-order valence-electron chi connectivity index (χ0n) is 12.7. The van der Waals surface area contributed by atoms with Crippen LogP contribution in [0.4, 0.5) is 8.78 Å². The molecule has 0 aromatic heterocycles. The van der Waals surface area contributed by atoms with E-state index in [-0.39, 0.29) is 0 Å². The van der Waals surface area contributed by atoms with Gasteiger partial charge in [0.15, 0.2) is 0 Å². The fraction of sp³-hybridized carbons (Fsp3) is 1.00. The van der Waals surface area contributed by atoms with E-state index in [1.165, 1.54) is 32.4 Å². The topological polar surface area (TPSA) is 24.5 Å². The van der Waals surface area contributed by atoms with Gasteiger partial charge in [-0.25, -0.2) is 8.78 Å². The van der Waals surface area contributed by atoms with E-state index in [0.29, 0.717) is 37.1 Å².